The Bertz CT molecular complexity index is 365. The Labute approximate surface area is 106 Å². The molecule has 2 heteroatoms. The smallest absolute Gasteiger partial charge is 0.0340 e. The van der Waals surface area contributed by atoms with E-state index < -0.39 is 0 Å². The molecule has 0 radical (unpaired) electrons. The minimum absolute atomic E-state index is 0.155. The maximum atomic E-state index is 6.14. The van der Waals surface area contributed by atoms with Crippen molar-refractivity contribution in [3.63, 3.8) is 0 Å². The van der Waals surface area contributed by atoms with Crippen LogP contribution in [0.1, 0.15) is 48.6 Å². The number of rotatable bonds is 4. The average Bonchev–Trinajstić information content (AvgIpc) is 2.12. The monoisotopic (exact) mass is 234 g/mol. The van der Waals surface area contributed by atoms with Gasteiger partial charge in [0, 0.05) is 11.6 Å². The fourth-order valence-electron chi connectivity index (χ4n) is 2.62. The van der Waals surface area contributed by atoms with E-state index in [4.69, 9.17) is 5.73 Å². The standard InChI is InChI=1S/C15H26N2/c1-10-7-11(2)14(12(3)8-10)13(17-6)9-15(4,5)16/h7-8,13,17H,9,16H2,1-6H3. The summed E-state index contributed by atoms with van der Waals surface area (Å²) in [5, 5.41) is 3.40. The second-order valence-corrected chi connectivity index (χ2v) is 5.85. The molecule has 0 bridgehead atoms. The van der Waals surface area contributed by atoms with Gasteiger partial charge in [0.2, 0.25) is 0 Å². The van der Waals surface area contributed by atoms with Crippen molar-refractivity contribution < 1.29 is 0 Å². The van der Waals surface area contributed by atoms with Gasteiger partial charge >= 0.3 is 0 Å². The van der Waals surface area contributed by atoms with E-state index in [-0.39, 0.29) is 5.54 Å². The zero-order valence-corrected chi connectivity index (χ0v) is 12.0. The zero-order chi connectivity index (χ0) is 13.2. The van der Waals surface area contributed by atoms with Crippen LogP contribution in [0.15, 0.2) is 12.1 Å². The Kier molecular flexibility index (Phi) is 4.34. The van der Waals surface area contributed by atoms with Crippen molar-refractivity contribution >= 4 is 0 Å². The molecule has 0 aliphatic rings. The summed E-state index contributed by atoms with van der Waals surface area (Å²) in [5.74, 6) is 0. The van der Waals surface area contributed by atoms with E-state index in [1.54, 1.807) is 0 Å². The van der Waals surface area contributed by atoms with Gasteiger partial charge in [0.05, 0.1) is 0 Å². The molecule has 0 heterocycles. The SMILES string of the molecule is CNC(CC(C)(C)N)c1c(C)cc(C)cc1C. The van der Waals surface area contributed by atoms with Crippen LogP contribution < -0.4 is 11.1 Å². The molecule has 17 heavy (non-hydrogen) atoms. The first-order valence-electron chi connectivity index (χ1n) is 6.28. The highest BCUT2D eigenvalue weighted by Gasteiger charge is 2.21. The van der Waals surface area contributed by atoms with Gasteiger partial charge in [-0.2, -0.15) is 0 Å². The first-order chi connectivity index (χ1) is 7.74. The van der Waals surface area contributed by atoms with E-state index in [9.17, 15) is 0 Å². The predicted molar refractivity (Wildman–Crippen MR) is 75.3 cm³/mol. The Balaban J connectivity index is 3.12. The lowest BCUT2D eigenvalue weighted by Gasteiger charge is -2.28. The molecule has 1 aromatic carbocycles. The Morgan fingerprint density at radius 1 is 1.18 bits per heavy atom. The number of hydrogen-bond donors (Lipinski definition) is 2. The van der Waals surface area contributed by atoms with Crippen LogP contribution in [-0.2, 0) is 0 Å². The summed E-state index contributed by atoms with van der Waals surface area (Å²) in [6.45, 7) is 10.7. The largest absolute Gasteiger partial charge is 0.325 e. The van der Waals surface area contributed by atoms with Gasteiger partial charge in [0.15, 0.2) is 0 Å². The van der Waals surface area contributed by atoms with E-state index >= 15 is 0 Å². The van der Waals surface area contributed by atoms with Crippen molar-refractivity contribution in [2.24, 2.45) is 5.73 Å². The fraction of sp³-hybridized carbons (Fsp3) is 0.600. The minimum atomic E-state index is -0.155. The summed E-state index contributed by atoms with van der Waals surface area (Å²) >= 11 is 0. The van der Waals surface area contributed by atoms with Crippen molar-refractivity contribution in [3.05, 3.63) is 34.4 Å². The van der Waals surface area contributed by atoms with Crippen LogP contribution in [0.4, 0.5) is 0 Å². The van der Waals surface area contributed by atoms with Gasteiger partial charge in [-0.25, -0.2) is 0 Å². The number of nitrogens with one attached hydrogen (secondary N) is 1. The molecule has 0 aromatic heterocycles. The van der Waals surface area contributed by atoms with Crippen LogP contribution in [0.5, 0.6) is 0 Å². The van der Waals surface area contributed by atoms with E-state index in [0.29, 0.717) is 6.04 Å². The summed E-state index contributed by atoms with van der Waals surface area (Å²) in [4.78, 5) is 0. The minimum Gasteiger partial charge on any atom is -0.325 e. The summed E-state index contributed by atoms with van der Waals surface area (Å²) in [5.41, 5.74) is 11.4. The molecule has 1 rings (SSSR count). The predicted octanol–water partition coefficient (Wildman–Crippen LogP) is 3.00. The van der Waals surface area contributed by atoms with Crippen LogP contribution in [0, 0.1) is 20.8 Å². The van der Waals surface area contributed by atoms with Crippen molar-refractivity contribution in [2.45, 2.75) is 52.6 Å². The van der Waals surface area contributed by atoms with Gasteiger partial charge in [0.25, 0.3) is 0 Å². The first-order valence-corrected chi connectivity index (χ1v) is 6.28. The van der Waals surface area contributed by atoms with Crippen LogP contribution >= 0.6 is 0 Å². The third-order valence-corrected chi connectivity index (χ3v) is 3.17. The molecule has 0 saturated heterocycles. The Morgan fingerprint density at radius 3 is 2.00 bits per heavy atom. The number of benzene rings is 1. The van der Waals surface area contributed by atoms with Gasteiger partial charge < -0.3 is 11.1 Å². The van der Waals surface area contributed by atoms with E-state index in [1.165, 1.54) is 22.3 Å². The van der Waals surface area contributed by atoms with Crippen molar-refractivity contribution in [1.29, 1.82) is 0 Å². The molecule has 0 aliphatic heterocycles. The normalized spacial score (nSPS) is 13.8. The molecule has 0 fully saturated rings. The molecule has 0 aliphatic carbocycles. The third-order valence-electron chi connectivity index (χ3n) is 3.17. The number of hydrogen-bond acceptors (Lipinski definition) is 2. The quantitative estimate of drug-likeness (QED) is 0.840. The molecule has 0 amide bonds. The van der Waals surface area contributed by atoms with Crippen LogP contribution in [0.2, 0.25) is 0 Å². The fourth-order valence-corrected chi connectivity index (χ4v) is 2.62. The highest BCUT2D eigenvalue weighted by Crippen LogP contribution is 2.28. The van der Waals surface area contributed by atoms with Crippen molar-refractivity contribution in [2.75, 3.05) is 7.05 Å². The molecule has 3 N–H and O–H groups in total. The molecular formula is C15H26N2. The van der Waals surface area contributed by atoms with E-state index in [2.05, 4.69) is 52.1 Å². The maximum Gasteiger partial charge on any atom is 0.0340 e. The summed E-state index contributed by atoms with van der Waals surface area (Å²) in [6.07, 6.45) is 0.939. The molecular weight excluding hydrogens is 208 g/mol. The number of aryl methyl sites for hydroxylation is 3. The summed E-state index contributed by atoms with van der Waals surface area (Å²) in [7, 11) is 2.01. The zero-order valence-electron chi connectivity index (χ0n) is 12.0. The second kappa shape index (κ2) is 5.19. The molecule has 0 spiro atoms. The summed E-state index contributed by atoms with van der Waals surface area (Å²) < 4.78 is 0. The maximum absolute atomic E-state index is 6.14. The van der Waals surface area contributed by atoms with Gasteiger partial charge in [-0.05, 0) is 64.8 Å². The third kappa shape index (κ3) is 3.83. The second-order valence-electron chi connectivity index (χ2n) is 5.85. The molecule has 1 unspecified atom stereocenters. The Hall–Kier alpha value is -0.860. The molecule has 1 atom stereocenters. The number of nitrogens with two attached hydrogens (primary N) is 1. The van der Waals surface area contributed by atoms with Gasteiger partial charge in [-0.3, -0.25) is 0 Å². The highest BCUT2D eigenvalue weighted by atomic mass is 14.9. The summed E-state index contributed by atoms with van der Waals surface area (Å²) in [6, 6.07) is 4.82. The molecule has 1 aromatic rings. The Morgan fingerprint density at radius 2 is 1.65 bits per heavy atom. The average molecular weight is 234 g/mol. The van der Waals surface area contributed by atoms with Crippen molar-refractivity contribution in [1.82, 2.24) is 5.32 Å². The van der Waals surface area contributed by atoms with Crippen molar-refractivity contribution in [3.8, 4) is 0 Å². The lowest BCUT2D eigenvalue weighted by molar-refractivity contribution is 0.394. The highest BCUT2D eigenvalue weighted by molar-refractivity contribution is 5.39. The van der Waals surface area contributed by atoms with Gasteiger partial charge in [-0.1, -0.05) is 17.7 Å². The van der Waals surface area contributed by atoms with E-state index in [0.717, 1.165) is 6.42 Å². The lowest BCUT2D eigenvalue weighted by Crippen LogP contribution is -2.37. The van der Waals surface area contributed by atoms with Gasteiger partial charge in [-0.15, -0.1) is 0 Å². The molecule has 0 saturated carbocycles. The van der Waals surface area contributed by atoms with E-state index in [1.807, 2.05) is 7.05 Å². The first kappa shape index (κ1) is 14.2. The lowest BCUT2D eigenvalue weighted by atomic mass is 9.87. The van der Waals surface area contributed by atoms with Gasteiger partial charge in [0.1, 0.15) is 0 Å². The molecule has 2 nitrogen and oxygen atoms in total. The van der Waals surface area contributed by atoms with Crippen LogP contribution in [0.3, 0.4) is 0 Å². The van der Waals surface area contributed by atoms with Crippen LogP contribution in [-0.4, -0.2) is 12.6 Å². The van der Waals surface area contributed by atoms with Crippen LogP contribution in [0.25, 0.3) is 0 Å². The molecule has 96 valence electrons. The topological polar surface area (TPSA) is 38.0 Å².